The third kappa shape index (κ3) is 4.08. The molecule has 0 heterocycles. The van der Waals surface area contributed by atoms with Crippen molar-refractivity contribution in [3.05, 3.63) is 0 Å². The van der Waals surface area contributed by atoms with Crippen LogP contribution in [0.3, 0.4) is 0 Å². The van der Waals surface area contributed by atoms with Crippen LogP contribution in [0.2, 0.25) is 0 Å². The van der Waals surface area contributed by atoms with Gasteiger partial charge in [0.1, 0.15) is 0 Å². The molecule has 2 atom stereocenters. The van der Waals surface area contributed by atoms with E-state index in [-0.39, 0.29) is 0 Å². The van der Waals surface area contributed by atoms with E-state index in [1.807, 2.05) is 0 Å². The highest BCUT2D eigenvalue weighted by molar-refractivity contribution is 4.84. The van der Waals surface area contributed by atoms with Gasteiger partial charge in [-0.05, 0) is 37.6 Å². The van der Waals surface area contributed by atoms with E-state index in [0.29, 0.717) is 0 Å². The second-order valence-corrected chi connectivity index (χ2v) is 5.98. The van der Waals surface area contributed by atoms with Crippen LogP contribution in [0.25, 0.3) is 0 Å². The van der Waals surface area contributed by atoms with Crippen molar-refractivity contribution >= 4 is 0 Å². The molecule has 0 spiro atoms. The van der Waals surface area contributed by atoms with Gasteiger partial charge in [-0.15, -0.1) is 0 Å². The molecule has 0 aromatic rings. The number of hydrogen-bond donors (Lipinski definition) is 1. The molecule has 0 aromatic heterocycles. The zero-order valence-corrected chi connectivity index (χ0v) is 11.0. The highest BCUT2D eigenvalue weighted by Crippen LogP contribution is 2.34. The Labute approximate surface area is 101 Å². The molecular formula is C15H29N. The summed E-state index contributed by atoms with van der Waals surface area (Å²) in [6, 6.07) is 0.901. The van der Waals surface area contributed by atoms with Crippen LogP contribution < -0.4 is 5.32 Å². The molecule has 2 aliphatic carbocycles. The molecule has 2 rings (SSSR count). The van der Waals surface area contributed by atoms with Crippen LogP contribution in [0.4, 0.5) is 0 Å². The Morgan fingerprint density at radius 3 is 2.38 bits per heavy atom. The normalized spacial score (nSPS) is 30.6. The summed E-state index contributed by atoms with van der Waals surface area (Å²) < 4.78 is 0. The molecule has 0 radical (unpaired) electrons. The second-order valence-electron chi connectivity index (χ2n) is 5.98. The van der Waals surface area contributed by atoms with E-state index in [1.54, 1.807) is 0 Å². The van der Waals surface area contributed by atoms with E-state index in [2.05, 4.69) is 12.2 Å². The van der Waals surface area contributed by atoms with Gasteiger partial charge in [0, 0.05) is 6.04 Å². The molecular weight excluding hydrogens is 194 g/mol. The van der Waals surface area contributed by atoms with Crippen molar-refractivity contribution in [2.75, 3.05) is 6.54 Å². The number of hydrogen-bond acceptors (Lipinski definition) is 1. The standard InChI is InChI=1S/C15H29N/c1-2-3-4-7-13-8-5-6-9-14(13)12-16-15-10-11-15/h13-16H,2-12H2,1H3. The van der Waals surface area contributed by atoms with Crippen LogP contribution in [0.1, 0.15) is 71.1 Å². The Morgan fingerprint density at radius 1 is 0.938 bits per heavy atom. The van der Waals surface area contributed by atoms with Crippen molar-refractivity contribution in [2.24, 2.45) is 11.8 Å². The van der Waals surface area contributed by atoms with Gasteiger partial charge in [-0.1, -0.05) is 51.9 Å². The quantitative estimate of drug-likeness (QED) is 0.640. The highest BCUT2D eigenvalue weighted by Gasteiger charge is 2.27. The van der Waals surface area contributed by atoms with Gasteiger partial charge < -0.3 is 5.32 Å². The molecule has 0 saturated heterocycles. The van der Waals surface area contributed by atoms with Crippen molar-refractivity contribution in [3.63, 3.8) is 0 Å². The lowest BCUT2D eigenvalue weighted by Gasteiger charge is -2.32. The maximum Gasteiger partial charge on any atom is 0.00683 e. The van der Waals surface area contributed by atoms with Gasteiger partial charge in [0.2, 0.25) is 0 Å². The lowest BCUT2D eigenvalue weighted by molar-refractivity contribution is 0.212. The van der Waals surface area contributed by atoms with E-state index in [1.165, 1.54) is 70.8 Å². The summed E-state index contributed by atoms with van der Waals surface area (Å²) in [6.45, 7) is 3.63. The second kappa shape index (κ2) is 6.64. The van der Waals surface area contributed by atoms with Gasteiger partial charge in [-0.2, -0.15) is 0 Å². The van der Waals surface area contributed by atoms with E-state index in [9.17, 15) is 0 Å². The maximum absolute atomic E-state index is 3.75. The lowest BCUT2D eigenvalue weighted by atomic mass is 9.76. The number of unbranched alkanes of at least 4 members (excludes halogenated alkanes) is 2. The summed E-state index contributed by atoms with van der Waals surface area (Å²) in [7, 11) is 0. The molecule has 2 saturated carbocycles. The molecule has 0 aliphatic heterocycles. The predicted molar refractivity (Wildman–Crippen MR) is 70.6 cm³/mol. The van der Waals surface area contributed by atoms with Crippen LogP contribution in [0.15, 0.2) is 0 Å². The first-order valence-corrected chi connectivity index (χ1v) is 7.63. The Morgan fingerprint density at radius 2 is 1.69 bits per heavy atom. The average Bonchev–Trinajstić information content (AvgIpc) is 3.12. The summed E-state index contributed by atoms with van der Waals surface area (Å²) in [5.41, 5.74) is 0. The molecule has 1 heteroatoms. The summed E-state index contributed by atoms with van der Waals surface area (Å²) in [6.07, 6.45) is 14.7. The van der Waals surface area contributed by atoms with Crippen LogP contribution in [0, 0.1) is 11.8 Å². The Balaban J connectivity index is 1.67. The summed E-state index contributed by atoms with van der Waals surface area (Å²) >= 11 is 0. The average molecular weight is 223 g/mol. The van der Waals surface area contributed by atoms with Gasteiger partial charge in [-0.25, -0.2) is 0 Å². The van der Waals surface area contributed by atoms with E-state index in [0.717, 1.165) is 17.9 Å². The molecule has 2 fully saturated rings. The van der Waals surface area contributed by atoms with E-state index in [4.69, 9.17) is 0 Å². The third-order valence-electron chi connectivity index (χ3n) is 4.49. The fourth-order valence-electron chi connectivity index (χ4n) is 3.20. The summed E-state index contributed by atoms with van der Waals surface area (Å²) in [5, 5.41) is 3.75. The number of nitrogens with one attached hydrogen (secondary N) is 1. The molecule has 0 aromatic carbocycles. The molecule has 0 bridgehead atoms. The fraction of sp³-hybridized carbons (Fsp3) is 1.00. The van der Waals surface area contributed by atoms with Crippen LogP contribution in [-0.2, 0) is 0 Å². The topological polar surface area (TPSA) is 12.0 Å². The van der Waals surface area contributed by atoms with Crippen molar-refractivity contribution in [2.45, 2.75) is 77.2 Å². The van der Waals surface area contributed by atoms with Gasteiger partial charge in [0.15, 0.2) is 0 Å². The van der Waals surface area contributed by atoms with E-state index >= 15 is 0 Å². The van der Waals surface area contributed by atoms with Crippen LogP contribution >= 0.6 is 0 Å². The molecule has 2 aliphatic rings. The van der Waals surface area contributed by atoms with E-state index < -0.39 is 0 Å². The van der Waals surface area contributed by atoms with Gasteiger partial charge >= 0.3 is 0 Å². The SMILES string of the molecule is CCCCCC1CCCCC1CNC1CC1. The molecule has 2 unspecified atom stereocenters. The smallest absolute Gasteiger partial charge is 0.00683 e. The van der Waals surface area contributed by atoms with Crippen molar-refractivity contribution in [1.29, 1.82) is 0 Å². The largest absolute Gasteiger partial charge is 0.314 e. The third-order valence-corrected chi connectivity index (χ3v) is 4.49. The summed E-state index contributed by atoms with van der Waals surface area (Å²) in [5.74, 6) is 2.05. The monoisotopic (exact) mass is 223 g/mol. The number of rotatable bonds is 7. The summed E-state index contributed by atoms with van der Waals surface area (Å²) in [4.78, 5) is 0. The molecule has 94 valence electrons. The van der Waals surface area contributed by atoms with Crippen molar-refractivity contribution in [1.82, 2.24) is 5.32 Å². The minimum Gasteiger partial charge on any atom is -0.314 e. The first-order valence-electron chi connectivity index (χ1n) is 7.63. The molecule has 1 N–H and O–H groups in total. The molecule has 16 heavy (non-hydrogen) atoms. The molecule has 0 amide bonds. The van der Waals surface area contributed by atoms with Gasteiger partial charge in [0.25, 0.3) is 0 Å². The minimum atomic E-state index is 0.901. The zero-order valence-electron chi connectivity index (χ0n) is 11.0. The lowest BCUT2D eigenvalue weighted by Crippen LogP contribution is -2.31. The Kier molecular flexibility index (Phi) is 5.15. The van der Waals surface area contributed by atoms with Gasteiger partial charge in [0.05, 0.1) is 0 Å². The van der Waals surface area contributed by atoms with Crippen molar-refractivity contribution in [3.8, 4) is 0 Å². The fourth-order valence-corrected chi connectivity index (χ4v) is 3.20. The van der Waals surface area contributed by atoms with Crippen molar-refractivity contribution < 1.29 is 0 Å². The minimum absolute atomic E-state index is 0.901. The predicted octanol–water partition coefficient (Wildman–Crippen LogP) is 4.13. The molecule has 1 nitrogen and oxygen atoms in total. The Hall–Kier alpha value is -0.0400. The first kappa shape index (κ1) is 12.4. The maximum atomic E-state index is 3.75. The first-order chi connectivity index (χ1) is 7.90. The van der Waals surface area contributed by atoms with Crippen LogP contribution in [0.5, 0.6) is 0 Å². The highest BCUT2D eigenvalue weighted by atomic mass is 14.9. The Bertz CT molecular complexity index is 186. The van der Waals surface area contributed by atoms with Crippen LogP contribution in [-0.4, -0.2) is 12.6 Å². The zero-order chi connectivity index (χ0) is 11.2. The van der Waals surface area contributed by atoms with Gasteiger partial charge in [-0.3, -0.25) is 0 Å².